The molecule has 0 bridgehead atoms. The normalized spacial score (nSPS) is 10.8. The molecule has 0 saturated carbocycles. The van der Waals surface area contributed by atoms with Gasteiger partial charge in [-0.2, -0.15) is 0 Å². The number of amides is 1. The highest BCUT2D eigenvalue weighted by molar-refractivity contribution is 7.99. The van der Waals surface area contributed by atoms with E-state index in [-0.39, 0.29) is 5.91 Å². The highest BCUT2D eigenvalue weighted by Gasteiger charge is 2.18. The molecular formula is C21H24N4OS. The maximum atomic E-state index is 12.7. The van der Waals surface area contributed by atoms with Crippen LogP contribution in [0.2, 0.25) is 0 Å². The largest absolute Gasteiger partial charge is 0.312 e. The molecular weight excluding hydrogens is 356 g/mol. The molecule has 0 radical (unpaired) electrons. The van der Waals surface area contributed by atoms with Crippen molar-refractivity contribution in [3.05, 3.63) is 60.2 Å². The Morgan fingerprint density at radius 2 is 1.74 bits per heavy atom. The number of nitrogens with zero attached hydrogens (tertiary/aromatic N) is 4. The molecule has 0 atom stereocenters. The Kier molecular flexibility index (Phi) is 6.29. The number of thioether (sulfide) groups is 1. The first-order valence-electron chi connectivity index (χ1n) is 9.12. The quantitative estimate of drug-likeness (QED) is 0.570. The summed E-state index contributed by atoms with van der Waals surface area (Å²) in [6.45, 7) is 7.50. The van der Waals surface area contributed by atoms with Crippen molar-refractivity contribution < 1.29 is 4.79 Å². The fourth-order valence-corrected chi connectivity index (χ4v) is 3.79. The van der Waals surface area contributed by atoms with Gasteiger partial charge in [0.05, 0.1) is 5.75 Å². The van der Waals surface area contributed by atoms with Gasteiger partial charge in [-0.1, -0.05) is 59.8 Å². The van der Waals surface area contributed by atoms with Gasteiger partial charge in [0, 0.05) is 24.3 Å². The highest BCUT2D eigenvalue weighted by Crippen LogP contribution is 2.25. The minimum atomic E-state index is 0.0660. The van der Waals surface area contributed by atoms with Crippen molar-refractivity contribution in [3.8, 4) is 11.4 Å². The summed E-state index contributed by atoms with van der Waals surface area (Å²) in [7, 11) is 0. The van der Waals surface area contributed by atoms with Crippen molar-refractivity contribution >= 4 is 23.4 Å². The van der Waals surface area contributed by atoms with Crippen LogP contribution in [-0.2, 0) is 11.3 Å². The van der Waals surface area contributed by atoms with Gasteiger partial charge in [-0.15, -0.1) is 10.2 Å². The molecule has 6 heteroatoms. The summed E-state index contributed by atoms with van der Waals surface area (Å²) < 4.78 is 2.06. The SMILES string of the molecule is CCN(C(=O)CSc1nnc(-c2ccc(C)cc2)n1CC)c1ccccc1. The minimum Gasteiger partial charge on any atom is -0.312 e. The summed E-state index contributed by atoms with van der Waals surface area (Å²) in [6, 6.07) is 18.0. The summed E-state index contributed by atoms with van der Waals surface area (Å²) in [5.41, 5.74) is 3.16. The monoisotopic (exact) mass is 380 g/mol. The standard InChI is InChI=1S/C21H24N4OS/c1-4-24(18-9-7-6-8-10-18)19(26)15-27-21-23-22-20(25(21)5-2)17-13-11-16(3)12-14-17/h6-14H,4-5,15H2,1-3H3. The van der Waals surface area contributed by atoms with E-state index in [1.807, 2.05) is 37.3 Å². The fraction of sp³-hybridized carbons (Fsp3) is 0.286. The van der Waals surface area contributed by atoms with E-state index in [2.05, 4.69) is 52.9 Å². The Bertz CT molecular complexity index is 890. The molecule has 3 rings (SSSR count). The number of anilines is 1. The van der Waals surface area contributed by atoms with Crippen LogP contribution in [-0.4, -0.2) is 33.0 Å². The molecule has 0 unspecified atom stereocenters. The summed E-state index contributed by atoms with van der Waals surface area (Å²) in [5.74, 6) is 1.23. The van der Waals surface area contributed by atoms with Gasteiger partial charge in [-0.05, 0) is 32.9 Å². The molecule has 0 saturated heterocycles. The van der Waals surface area contributed by atoms with Crippen molar-refractivity contribution in [3.63, 3.8) is 0 Å². The molecule has 0 N–H and O–H groups in total. The van der Waals surface area contributed by atoms with Gasteiger partial charge >= 0.3 is 0 Å². The fourth-order valence-electron chi connectivity index (χ4n) is 2.91. The van der Waals surface area contributed by atoms with Crippen molar-refractivity contribution in [2.45, 2.75) is 32.5 Å². The van der Waals surface area contributed by atoms with Gasteiger partial charge in [-0.25, -0.2) is 0 Å². The van der Waals surface area contributed by atoms with Crippen molar-refractivity contribution in [2.24, 2.45) is 0 Å². The molecule has 3 aromatic rings. The minimum absolute atomic E-state index is 0.0660. The summed E-state index contributed by atoms with van der Waals surface area (Å²) in [6.07, 6.45) is 0. The average Bonchev–Trinajstić information content (AvgIpc) is 3.11. The first kappa shape index (κ1) is 19.2. The van der Waals surface area contributed by atoms with Crippen LogP contribution in [0.25, 0.3) is 11.4 Å². The summed E-state index contributed by atoms with van der Waals surface area (Å²) in [4.78, 5) is 14.5. The molecule has 1 amide bonds. The molecule has 1 heterocycles. The Labute approximate surface area is 164 Å². The molecule has 0 aliphatic rings. The number of rotatable bonds is 7. The predicted octanol–water partition coefficient (Wildman–Crippen LogP) is 4.42. The lowest BCUT2D eigenvalue weighted by atomic mass is 10.1. The summed E-state index contributed by atoms with van der Waals surface area (Å²) >= 11 is 1.43. The lowest BCUT2D eigenvalue weighted by molar-refractivity contribution is -0.116. The summed E-state index contributed by atoms with van der Waals surface area (Å²) in [5, 5.41) is 9.45. The van der Waals surface area contributed by atoms with Gasteiger partial charge in [0.15, 0.2) is 11.0 Å². The lowest BCUT2D eigenvalue weighted by Crippen LogP contribution is -2.32. The van der Waals surface area contributed by atoms with Crippen LogP contribution < -0.4 is 4.90 Å². The molecule has 2 aromatic carbocycles. The van der Waals surface area contributed by atoms with E-state index in [1.165, 1.54) is 17.3 Å². The van der Waals surface area contributed by atoms with Crippen LogP contribution in [0.15, 0.2) is 59.8 Å². The number of aryl methyl sites for hydroxylation is 1. The van der Waals surface area contributed by atoms with Gasteiger partial charge < -0.3 is 9.47 Å². The molecule has 1 aromatic heterocycles. The first-order chi connectivity index (χ1) is 13.1. The van der Waals surface area contributed by atoms with Crippen LogP contribution >= 0.6 is 11.8 Å². The number of aromatic nitrogens is 3. The van der Waals surface area contributed by atoms with E-state index in [4.69, 9.17) is 0 Å². The van der Waals surface area contributed by atoms with E-state index in [1.54, 1.807) is 4.90 Å². The zero-order valence-electron chi connectivity index (χ0n) is 15.9. The van der Waals surface area contributed by atoms with E-state index >= 15 is 0 Å². The van der Waals surface area contributed by atoms with Crippen LogP contribution in [0.1, 0.15) is 19.4 Å². The predicted molar refractivity (Wildman–Crippen MR) is 111 cm³/mol. The Hall–Kier alpha value is -2.60. The van der Waals surface area contributed by atoms with Crippen LogP contribution in [0.4, 0.5) is 5.69 Å². The second-order valence-corrected chi connectivity index (χ2v) is 7.12. The van der Waals surface area contributed by atoms with Crippen molar-refractivity contribution in [1.82, 2.24) is 14.8 Å². The van der Waals surface area contributed by atoms with Gasteiger partial charge in [0.25, 0.3) is 0 Å². The number of hydrogen-bond acceptors (Lipinski definition) is 4. The van der Waals surface area contributed by atoms with E-state index in [0.29, 0.717) is 12.3 Å². The molecule has 0 spiro atoms. The number of hydrogen-bond donors (Lipinski definition) is 0. The van der Waals surface area contributed by atoms with E-state index in [9.17, 15) is 4.79 Å². The first-order valence-corrected chi connectivity index (χ1v) is 10.1. The third kappa shape index (κ3) is 4.39. The molecule has 5 nitrogen and oxygen atoms in total. The maximum Gasteiger partial charge on any atom is 0.237 e. The van der Waals surface area contributed by atoms with Gasteiger partial charge in [0.1, 0.15) is 0 Å². The Morgan fingerprint density at radius 3 is 2.37 bits per heavy atom. The molecule has 27 heavy (non-hydrogen) atoms. The third-order valence-corrected chi connectivity index (χ3v) is 5.30. The van der Waals surface area contributed by atoms with Crippen LogP contribution in [0.5, 0.6) is 0 Å². The second-order valence-electron chi connectivity index (χ2n) is 6.18. The third-order valence-electron chi connectivity index (χ3n) is 4.35. The number of carbonyl (C=O) groups excluding carboxylic acids is 1. The highest BCUT2D eigenvalue weighted by atomic mass is 32.2. The molecule has 0 aliphatic heterocycles. The molecule has 0 fully saturated rings. The zero-order valence-corrected chi connectivity index (χ0v) is 16.7. The van der Waals surface area contributed by atoms with Crippen LogP contribution in [0.3, 0.4) is 0 Å². The van der Waals surface area contributed by atoms with E-state index < -0.39 is 0 Å². The molecule has 140 valence electrons. The number of carbonyl (C=O) groups is 1. The Morgan fingerprint density at radius 1 is 1.04 bits per heavy atom. The number of benzene rings is 2. The van der Waals surface area contributed by atoms with Crippen molar-refractivity contribution in [2.75, 3.05) is 17.2 Å². The van der Waals surface area contributed by atoms with Gasteiger partial charge in [0.2, 0.25) is 5.91 Å². The maximum absolute atomic E-state index is 12.7. The molecule has 0 aliphatic carbocycles. The smallest absolute Gasteiger partial charge is 0.237 e. The topological polar surface area (TPSA) is 51.0 Å². The van der Waals surface area contributed by atoms with Crippen molar-refractivity contribution in [1.29, 1.82) is 0 Å². The second kappa shape index (κ2) is 8.86. The lowest BCUT2D eigenvalue weighted by Gasteiger charge is -2.20. The average molecular weight is 381 g/mol. The van der Waals surface area contributed by atoms with Gasteiger partial charge in [-0.3, -0.25) is 4.79 Å². The van der Waals surface area contributed by atoms with E-state index in [0.717, 1.165) is 28.8 Å². The van der Waals surface area contributed by atoms with Crippen LogP contribution in [0, 0.1) is 6.92 Å². The Balaban J connectivity index is 1.74. The number of para-hydroxylation sites is 1. The zero-order chi connectivity index (χ0) is 19.2.